The van der Waals surface area contributed by atoms with Crippen molar-refractivity contribution in [2.24, 2.45) is 0 Å². The molecule has 0 aromatic heterocycles. The molecule has 2 nitrogen and oxygen atoms in total. The molecular weight excluding hydrogens is 164 g/mol. The Morgan fingerprint density at radius 3 is 1.85 bits per heavy atom. The Labute approximate surface area is 81.5 Å². The predicted octanol–water partition coefficient (Wildman–Crippen LogP) is 3.81. The van der Waals surface area contributed by atoms with Crippen LogP contribution in [0.3, 0.4) is 0 Å². The summed E-state index contributed by atoms with van der Waals surface area (Å²) in [6.45, 7) is 2.26. The molecule has 1 aliphatic rings. The zero-order chi connectivity index (χ0) is 9.36. The quantitative estimate of drug-likeness (QED) is 0.311. The highest BCUT2D eigenvalue weighted by Gasteiger charge is 2.24. The van der Waals surface area contributed by atoms with Gasteiger partial charge < -0.3 is 0 Å². The van der Waals surface area contributed by atoms with Gasteiger partial charge in [-0.1, -0.05) is 51.9 Å². The van der Waals surface area contributed by atoms with Crippen LogP contribution in [0.5, 0.6) is 0 Å². The van der Waals surface area contributed by atoms with E-state index in [9.17, 15) is 0 Å². The maximum Gasteiger partial charge on any atom is 0.224 e. The zero-order valence-electron chi connectivity index (χ0n) is 8.76. The van der Waals surface area contributed by atoms with Gasteiger partial charge in [-0.05, 0) is 6.42 Å². The second-order valence-electron chi connectivity index (χ2n) is 3.89. The maximum atomic E-state index is 4.67. The van der Waals surface area contributed by atoms with E-state index in [1.54, 1.807) is 0 Å². The summed E-state index contributed by atoms with van der Waals surface area (Å²) in [6, 6.07) is 0. The van der Waals surface area contributed by atoms with E-state index in [0.29, 0.717) is 0 Å². The first-order chi connectivity index (χ1) is 6.43. The third kappa shape index (κ3) is 7.03. The molecule has 0 aromatic carbocycles. The van der Waals surface area contributed by atoms with Crippen molar-refractivity contribution in [3.63, 3.8) is 0 Å². The number of hydrogen-bond acceptors (Lipinski definition) is 2. The van der Waals surface area contributed by atoms with Crippen LogP contribution in [-0.2, 0) is 9.78 Å². The largest absolute Gasteiger partial charge is 0.224 e. The van der Waals surface area contributed by atoms with Gasteiger partial charge in [0.1, 0.15) is 0 Å². The van der Waals surface area contributed by atoms with E-state index >= 15 is 0 Å². The van der Waals surface area contributed by atoms with Gasteiger partial charge in [-0.2, -0.15) is 9.78 Å². The molecule has 2 heteroatoms. The minimum Gasteiger partial charge on any atom is -0.199 e. The first-order valence-electron chi connectivity index (χ1n) is 5.75. The van der Waals surface area contributed by atoms with Crippen LogP contribution >= 0.6 is 0 Å². The van der Waals surface area contributed by atoms with Crippen LogP contribution in [0, 0.1) is 0 Å². The summed E-state index contributed by atoms with van der Waals surface area (Å²) in [5.74, 6) is 0. The Bertz CT molecular complexity index is 111. The normalized spacial score (nSPS) is 16.4. The van der Waals surface area contributed by atoms with E-state index in [4.69, 9.17) is 0 Å². The lowest BCUT2D eigenvalue weighted by molar-refractivity contribution is 0.0850. The number of hydrogen-bond donors (Lipinski definition) is 0. The molecule has 1 rings (SSSR count). The smallest absolute Gasteiger partial charge is 0.199 e. The SMILES string of the molecule is CCCCCCCCCCC1OO1. The third-order valence-electron chi connectivity index (χ3n) is 2.53. The van der Waals surface area contributed by atoms with Crippen LogP contribution < -0.4 is 0 Å². The van der Waals surface area contributed by atoms with Crippen LogP contribution in [0.25, 0.3) is 0 Å². The van der Waals surface area contributed by atoms with E-state index < -0.39 is 0 Å². The summed E-state index contributed by atoms with van der Waals surface area (Å²) in [5, 5.41) is 0. The van der Waals surface area contributed by atoms with E-state index in [1.165, 1.54) is 51.4 Å². The molecule has 1 saturated heterocycles. The molecule has 78 valence electrons. The molecule has 1 aliphatic heterocycles. The van der Waals surface area contributed by atoms with Crippen molar-refractivity contribution in [1.82, 2.24) is 0 Å². The summed E-state index contributed by atoms with van der Waals surface area (Å²) in [7, 11) is 0. The molecular formula is C11H22O2. The highest BCUT2D eigenvalue weighted by atomic mass is 17.4. The molecule has 0 aliphatic carbocycles. The van der Waals surface area contributed by atoms with Crippen molar-refractivity contribution in [1.29, 1.82) is 0 Å². The van der Waals surface area contributed by atoms with E-state index in [2.05, 4.69) is 16.7 Å². The van der Waals surface area contributed by atoms with Crippen LogP contribution in [0.15, 0.2) is 0 Å². The number of rotatable bonds is 9. The third-order valence-corrected chi connectivity index (χ3v) is 2.53. The Morgan fingerprint density at radius 1 is 0.769 bits per heavy atom. The van der Waals surface area contributed by atoms with Crippen molar-refractivity contribution in [2.45, 2.75) is 71.0 Å². The molecule has 1 heterocycles. The van der Waals surface area contributed by atoms with Crippen molar-refractivity contribution in [3.8, 4) is 0 Å². The van der Waals surface area contributed by atoms with Gasteiger partial charge in [0.2, 0.25) is 6.29 Å². The van der Waals surface area contributed by atoms with Crippen molar-refractivity contribution >= 4 is 0 Å². The first kappa shape index (κ1) is 11.0. The average Bonchev–Trinajstić information content (AvgIpc) is 2.93. The van der Waals surface area contributed by atoms with E-state index in [0.717, 1.165) is 6.42 Å². The summed E-state index contributed by atoms with van der Waals surface area (Å²) in [4.78, 5) is 9.34. The Hall–Kier alpha value is -0.0800. The Morgan fingerprint density at radius 2 is 1.31 bits per heavy atom. The van der Waals surface area contributed by atoms with Gasteiger partial charge in [0, 0.05) is 6.42 Å². The Kier molecular flexibility index (Phi) is 6.21. The highest BCUT2D eigenvalue weighted by Crippen LogP contribution is 2.20. The van der Waals surface area contributed by atoms with Gasteiger partial charge >= 0.3 is 0 Å². The first-order valence-corrected chi connectivity index (χ1v) is 5.75. The molecule has 0 spiro atoms. The lowest BCUT2D eigenvalue weighted by Gasteiger charge is -1.99. The molecule has 13 heavy (non-hydrogen) atoms. The molecule has 0 atom stereocenters. The van der Waals surface area contributed by atoms with Crippen molar-refractivity contribution in [3.05, 3.63) is 0 Å². The van der Waals surface area contributed by atoms with Crippen LogP contribution in [0.1, 0.15) is 64.7 Å². The van der Waals surface area contributed by atoms with Crippen LogP contribution in [0.4, 0.5) is 0 Å². The summed E-state index contributed by atoms with van der Waals surface area (Å²) < 4.78 is 0. The maximum absolute atomic E-state index is 4.67. The molecule has 0 bridgehead atoms. The van der Waals surface area contributed by atoms with E-state index in [-0.39, 0.29) is 6.29 Å². The molecule has 0 aromatic rings. The standard InChI is InChI=1S/C11H22O2/c1-2-3-4-5-6-7-8-9-10-11-12-13-11/h11H,2-10H2,1H3. The fraction of sp³-hybridized carbons (Fsp3) is 1.00. The predicted molar refractivity (Wildman–Crippen MR) is 53.2 cm³/mol. The summed E-state index contributed by atoms with van der Waals surface area (Å²) >= 11 is 0. The monoisotopic (exact) mass is 186 g/mol. The topological polar surface area (TPSA) is 25.1 Å². The second-order valence-corrected chi connectivity index (χ2v) is 3.89. The summed E-state index contributed by atoms with van der Waals surface area (Å²) in [5.41, 5.74) is 0. The van der Waals surface area contributed by atoms with Crippen LogP contribution in [0.2, 0.25) is 0 Å². The van der Waals surface area contributed by atoms with Gasteiger partial charge in [-0.15, -0.1) is 0 Å². The van der Waals surface area contributed by atoms with Crippen LogP contribution in [-0.4, -0.2) is 6.29 Å². The molecule has 0 radical (unpaired) electrons. The molecule has 0 N–H and O–H groups in total. The van der Waals surface area contributed by atoms with Gasteiger partial charge in [0.05, 0.1) is 0 Å². The highest BCUT2D eigenvalue weighted by molar-refractivity contribution is 4.50. The van der Waals surface area contributed by atoms with Crippen molar-refractivity contribution in [2.75, 3.05) is 0 Å². The van der Waals surface area contributed by atoms with Gasteiger partial charge in [0.15, 0.2) is 0 Å². The van der Waals surface area contributed by atoms with Gasteiger partial charge in [-0.3, -0.25) is 0 Å². The van der Waals surface area contributed by atoms with Gasteiger partial charge in [-0.25, -0.2) is 0 Å². The summed E-state index contributed by atoms with van der Waals surface area (Å²) in [6.07, 6.45) is 12.2. The average molecular weight is 186 g/mol. The lowest BCUT2D eigenvalue weighted by atomic mass is 10.1. The second kappa shape index (κ2) is 7.34. The van der Waals surface area contributed by atoms with E-state index in [1.807, 2.05) is 0 Å². The van der Waals surface area contributed by atoms with Gasteiger partial charge in [0.25, 0.3) is 0 Å². The zero-order valence-corrected chi connectivity index (χ0v) is 8.76. The minimum absolute atomic E-state index is 0.153. The van der Waals surface area contributed by atoms with Crippen molar-refractivity contribution < 1.29 is 9.78 Å². The minimum atomic E-state index is 0.153. The fourth-order valence-electron chi connectivity index (χ4n) is 1.58. The molecule has 0 amide bonds. The molecule has 0 unspecified atom stereocenters. The lowest BCUT2D eigenvalue weighted by Crippen LogP contribution is -1.85. The molecule has 0 saturated carbocycles. The Balaban J connectivity index is 1.63. The fourth-order valence-corrected chi connectivity index (χ4v) is 1.58. The molecule has 1 fully saturated rings. The number of unbranched alkanes of at least 4 members (excludes halogenated alkanes) is 7.